The fourth-order valence-electron chi connectivity index (χ4n) is 2.50. The lowest BCUT2D eigenvalue weighted by molar-refractivity contribution is 0.0615. The molecule has 1 amide bonds. The first kappa shape index (κ1) is 13.8. The Morgan fingerprint density at radius 2 is 2.33 bits per heavy atom. The fraction of sp³-hybridized carbons (Fsp3) is 0.500. The predicted molar refractivity (Wildman–Crippen MR) is 81.8 cm³/mol. The van der Waals surface area contributed by atoms with Crippen molar-refractivity contribution in [1.29, 1.82) is 0 Å². The number of likely N-dealkylation sites (N-methyl/N-ethyl adjacent to an activating group) is 1. The Kier molecular flexibility index (Phi) is 5.00. The Morgan fingerprint density at radius 3 is 3.06 bits per heavy atom. The maximum atomic E-state index is 12.5. The van der Waals surface area contributed by atoms with Crippen LogP contribution in [-0.2, 0) is 0 Å². The van der Waals surface area contributed by atoms with Crippen molar-refractivity contribution in [2.24, 2.45) is 0 Å². The topological polar surface area (TPSA) is 32.3 Å². The third-order valence-corrected chi connectivity index (χ3v) is 4.07. The van der Waals surface area contributed by atoms with Crippen molar-refractivity contribution in [2.75, 3.05) is 20.1 Å². The molecule has 1 aliphatic rings. The predicted octanol–water partition coefficient (Wildman–Crippen LogP) is 2.51. The second kappa shape index (κ2) is 6.52. The number of hydrogen-bond acceptors (Lipinski definition) is 2. The number of rotatable bonds is 3. The molecule has 0 aliphatic carbocycles. The summed E-state index contributed by atoms with van der Waals surface area (Å²) in [5.41, 5.74) is 0.810. The Hall–Kier alpha value is -0.620. The molecule has 0 saturated carbocycles. The van der Waals surface area contributed by atoms with Crippen molar-refractivity contribution in [3.63, 3.8) is 0 Å². The van der Waals surface area contributed by atoms with E-state index < -0.39 is 0 Å². The molecule has 0 spiro atoms. The first-order valence-electron chi connectivity index (χ1n) is 6.43. The van der Waals surface area contributed by atoms with Gasteiger partial charge >= 0.3 is 0 Å². The van der Waals surface area contributed by atoms with Crippen molar-refractivity contribution in [2.45, 2.75) is 25.3 Å². The van der Waals surface area contributed by atoms with E-state index in [1.165, 1.54) is 6.42 Å². The van der Waals surface area contributed by atoms with Crippen LogP contribution in [0.5, 0.6) is 0 Å². The Labute approximate surface area is 122 Å². The van der Waals surface area contributed by atoms with Crippen molar-refractivity contribution >= 4 is 28.5 Å². The van der Waals surface area contributed by atoms with E-state index in [-0.39, 0.29) is 5.91 Å². The molecule has 2 rings (SSSR count). The van der Waals surface area contributed by atoms with Gasteiger partial charge in [0.25, 0.3) is 5.91 Å². The third kappa shape index (κ3) is 3.23. The van der Waals surface area contributed by atoms with Gasteiger partial charge in [-0.05, 0) is 67.1 Å². The van der Waals surface area contributed by atoms with Gasteiger partial charge in [-0.1, -0.05) is 6.07 Å². The fourth-order valence-corrected chi connectivity index (χ4v) is 3.05. The smallest absolute Gasteiger partial charge is 0.254 e. The molecular weight excluding hydrogens is 339 g/mol. The summed E-state index contributed by atoms with van der Waals surface area (Å²) in [4.78, 5) is 14.6. The minimum Gasteiger partial charge on any atom is -0.334 e. The molecular formula is C14H19IN2O. The lowest BCUT2D eigenvalue weighted by Gasteiger charge is -2.35. The molecule has 0 radical (unpaired) electrons. The summed E-state index contributed by atoms with van der Waals surface area (Å²) in [6.45, 7) is 1.77. The van der Waals surface area contributed by atoms with Gasteiger partial charge in [-0.25, -0.2) is 0 Å². The minimum absolute atomic E-state index is 0.175. The number of hydrogen-bond donors (Lipinski definition) is 1. The van der Waals surface area contributed by atoms with Gasteiger partial charge in [0.1, 0.15) is 0 Å². The second-order valence-electron chi connectivity index (χ2n) is 4.72. The standard InChI is InChI=1S/C14H19IN2O/c1-16-10-13-7-2-3-8-17(13)14(18)11-5-4-6-12(15)9-11/h4-6,9,13,16H,2-3,7-8,10H2,1H3. The van der Waals surface area contributed by atoms with Gasteiger partial charge in [-0.15, -0.1) is 0 Å². The number of nitrogens with one attached hydrogen (secondary N) is 1. The van der Waals surface area contributed by atoms with Gasteiger partial charge < -0.3 is 10.2 Å². The van der Waals surface area contributed by atoms with Crippen molar-refractivity contribution in [1.82, 2.24) is 10.2 Å². The van der Waals surface area contributed by atoms with Gasteiger partial charge in [0, 0.05) is 28.3 Å². The van der Waals surface area contributed by atoms with Crippen LogP contribution in [0.3, 0.4) is 0 Å². The van der Waals surface area contributed by atoms with Gasteiger partial charge in [-0.3, -0.25) is 4.79 Å². The van der Waals surface area contributed by atoms with Gasteiger partial charge in [0.15, 0.2) is 0 Å². The monoisotopic (exact) mass is 358 g/mol. The summed E-state index contributed by atoms with van der Waals surface area (Å²) in [5.74, 6) is 0.175. The van der Waals surface area contributed by atoms with E-state index >= 15 is 0 Å². The SMILES string of the molecule is CNCC1CCCCN1C(=O)c1cccc(I)c1. The summed E-state index contributed by atoms with van der Waals surface area (Å²) in [6, 6.07) is 8.18. The number of halogens is 1. The summed E-state index contributed by atoms with van der Waals surface area (Å²) < 4.78 is 1.11. The molecule has 1 atom stereocenters. The summed E-state index contributed by atoms with van der Waals surface area (Å²) in [6.07, 6.45) is 3.45. The molecule has 3 nitrogen and oxygen atoms in total. The van der Waals surface area contributed by atoms with E-state index in [0.717, 1.165) is 35.1 Å². The number of carbonyl (C=O) groups is 1. The number of benzene rings is 1. The van der Waals surface area contributed by atoms with Crippen LogP contribution in [0.4, 0.5) is 0 Å². The van der Waals surface area contributed by atoms with Crippen LogP contribution in [0.2, 0.25) is 0 Å². The maximum Gasteiger partial charge on any atom is 0.254 e. The first-order chi connectivity index (χ1) is 8.72. The van der Waals surface area contributed by atoms with Crippen LogP contribution in [-0.4, -0.2) is 37.0 Å². The first-order valence-corrected chi connectivity index (χ1v) is 7.51. The lowest BCUT2D eigenvalue weighted by Crippen LogP contribution is -2.48. The summed E-state index contributed by atoms with van der Waals surface area (Å²) in [7, 11) is 1.95. The maximum absolute atomic E-state index is 12.5. The number of carbonyl (C=O) groups excluding carboxylic acids is 1. The van der Waals surface area contributed by atoms with Crippen LogP contribution < -0.4 is 5.32 Å². The molecule has 1 aromatic carbocycles. The highest BCUT2D eigenvalue weighted by Gasteiger charge is 2.26. The highest BCUT2D eigenvalue weighted by molar-refractivity contribution is 14.1. The van der Waals surface area contributed by atoms with E-state index in [1.807, 2.05) is 36.2 Å². The molecule has 1 aliphatic heterocycles. The van der Waals surface area contributed by atoms with E-state index in [9.17, 15) is 4.79 Å². The Morgan fingerprint density at radius 1 is 1.50 bits per heavy atom. The molecule has 1 fully saturated rings. The van der Waals surface area contributed by atoms with Crippen molar-refractivity contribution in [3.05, 3.63) is 33.4 Å². The molecule has 1 heterocycles. The minimum atomic E-state index is 0.175. The quantitative estimate of drug-likeness (QED) is 0.843. The largest absolute Gasteiger partial charge is 0.334 e. The Bertz CT molecular complexity index is 420. The third-order valence-electron chi connectivity index (χ3n) is 3.40. The van der Waals surface area contributed by atoms with Crippen LogP contribution in [0.15, 0.2) is 24.3 Å². The molecule has 1 aromatic rings. The molecule has 1 saturated heterocycles. The number of amides is 1. The van der Waals surface area contributed by atoms with Crippen LogP contribution in [0, 0.1) is 3.57 Å². The van der Waals surface area contributed by atoms with Crippen LogP contribution in [0.1, 0.15) is 29.6 Å². The van der Waals surface area contributed by atoms with E-state index in [0.29, 0.717) is 6.04 Å². The lowest BCUT2D eigenvalue weighted by atomic mass is 10.0. The van der Waals surface area contributed by atoms with Gasteiger partial charge in [0.2, 0.25) is 0 Å². The second-order valence-corrected chi connectivity index (χ2v) is 5.96. The van der Waals surface area contributed by atoms with E-state index in [4.69, 9.17) is 0 Å². The molecule has 1 N–H and O–H groups in total. The molecule has 0 aromatic heterocycles. The van der Waals surface area contributed by atoms with E-state index in [2.05, 4.69) is 27.9 Å². The van der Waals surface area contributed by atoms with Crippen molar-refractivity contribution in [3.8, 4) is 0 Å². The van der Waals surface area contributed by atoms with Gasteiger partial charge in [0.05, 0.1) is 0 Å². The zero-order chi connectivity index (χ0) is 13.0. The van der Waals surface area contributed by atoms with Gasteiger partial charge in [-0.2, -0.15) is 0 Å². The number of likely N-dealkylation sites (tertiary alicyclic amines) is 1. The normalized spacial score (nSPS) is 19.9. The average Bonchev–Trinajstić information content (AvgIpc) is 2.39. The van der Waals surface area contributed by atoms with E-state index in [1.54, 1.807) is 0 Å². The molecule has 1 unspecified atom stereocenters. The summed E-state index contributed by atoms with van der Waals surface area (Å²) in [5, 5.41) is 3.19. The molecule has 0 bridgehead atoms. The zero-order valence-electron chi connectivity index (χ0n) is 10.7. The average molecular weight is 358 g/mol. The van der Waals surface area contributed by atoms with Crippen molar-refractivity contribution < 1.29 is 4.79 Å². The van der Waals surface area contributed by atoms with Crippen LogP contribution >= 0.6 is 22.6 Å². The molecule has 18 heavy (non-hydrogen) atoms. The van der Waals surface area contributed by atoms with Crippen LogP contribution in [0.25, 0.3) is 0 Å². The zero-order valence-corrected chi connectivity index (χ0v) is 12.8. The number of nitrogens with zero attached hydrogens (tertiary/aromatic N) is 1. The molecule has 98 valence electrons. The summed E-state index contributed by atoms with van der Waals surface area (Å²) >= 11 is 2.25. The number of piperidine rings is 1. The highest BCUT2D eigenvalue weighted by atomic mass is 127. The highest BCUT2D eigenvalue weighted by Crippen LogP contribution is 2.20. The molecule has 4 heteroatoms. The Balaban J connectivity index is 2.15.